The van der Waals surface area contributed by atoms with Crippen LogP contribution in [0.4, 0.5) is 17.6 Å². The zero-order chi connectivity index (χ0) is 13.4. The molecule has 1 aliphatic rings. The molecule has 1 aromatic rings. The number of nitrogens with zero attached hydrogens (tertiary/aromatic N) is 1. The molecule has 1 aliphatic heterocycles. The summed E-state index contributed by atoms with van der Waals surface area (Å²) in [6.07, 6.45) is -2.93. The van der Waals surface area contributed by atoms with E-state index in [4.69, 9.17) is 10.5 Å². The van der Waals surface area contributed by atoms with E-state index in [1.807, 2.05) is 0 Å². The number of pyridine rings is 1. The lowest BCUT2D eigenvalue weighted by Gasteiger charge is -2.33. The molecule has 0 aromatic carbocycles. The number of aromatic nitrogens is 1. The predicted octanol–water partition coefficient (Wildman–Crippen LogP) is 3.05. The van der Waals surface area contributed by atoms with E-state index in [2.05, 4.69) is 4.98 Å². The second-order valence-corrected chi connectivity index (χ2v) is 4.32. The molecule has 2 heterocycles. The Morgan fingerprint density at radius 3 is 2.20 bits per heavy atom. The summed E-state index contributed by atoms with van der Waals surface area (Å²) < 4.78 is 55.6. The van der Waals surface area contributed by atoms with E-state index in [-0.39, 0.29) is 30.4 Å². The highest BCUT2D eigenvalue weighted by Gasteiger charge is 2.38. The van der Waals surface area contributed by atoms with Gasteiger partial charge in [-0.25, -0.2) is 9.37 Å². The maximum Gasteiger partial charge on any atom is 0.436 e. The molecule has 2 N–H and O–H groups in total. The molecule has 0 spiro atoms. The minimum atomic E-state index is -4.79. The molecule has 0 aliphatic carbocycles. The number of rotatable bonds is 1. The first-order chi connectivity index (χ1) is 8.33. The van der Waals surface area contributed by atoms with Gasteiger partial charge >= 0.3 is 6.18 Å². The topological polar surface area (TPSA) is 48.1 Å². The third-order valence-electron chi connectivity index (χ3n) is 3.07. The monoisotopic (exact) mass is 336 g/mol. The van der Waals surface area contributed by atoms with E-state index in [1.54, 1.807) is 0 Å². The number of hydrogen-bond acceptors (Lipinski definition) is 3. The molecule has 0 bridgehead atoms. The molecule has 2 rings (SSSR count). The highest BCUT2D eigenvalue weighted by atomic mass is 35.5. The smallest absolute Gasteiger partial charge is 0.381 e. The van der Waals surface area contributed by atoms with E-state index in [0.717, 1.165) is 12.3 Å². The first-order valence-electron chi connectivity index (χ1n) is 5.43. The zero-order valence-corrected chi connectivity index (χ0v) is 11.9. The lowest BCUT2D eigenvalue weighted by atomic mass is 9.84. The van der Waals surface area contributed by atoms with Crippen LogP contribution in [0.5, 0.6) is 0 Å². The van der Waals surface area contributed by atoms with Crippen molar-refractivity contribution in [2.75, 3.05) is 13.2 Å². The third kappa shape index (κ3) is 3.94. The second-order valence-electron chi connectivity index (χ2n) is 4.32. The van der Waals surface area contributed by atoms with E-state index in [1.165, 1.54) is 0 Å². The van der Waals surface area contributed by atoms with Crippen molar-refractivity contribution in [2.24, 2.45) is 5.73 Å². The summed E-state index contributed by atoms with van der Waals surface area (Å²) in [6, 6.07) is 0.821. The molecule has 3 nitrogen and oxygen atoms in total. The van der Waals surface area contributed by atoms with Crippen LogP contribution in [-0.4, -0.2) is 18.2 Å². The van der Waals surface area contributed by atoms with Crippen LogP contribution >= 0.6 is 24.8 Å². The summed E-state index contributed by atoms with van der Waals surface area (Å²) in [7, 11) is 0. The molecule has 1 aromatic heterocycles. The van der Waals surface area contributed by atoms with E-state index in [0.29, 0.717) is 26.1 Å². The summed E-state index contributed by atoms with van der Waals surface area (Å²) in [6.45, 7) is 0.804. The summed E-state index contributed by atoms with van der Waals surface area (Å²) in [4.78, 5) is 3.15. The Balaban J connectivity index is 0.00000180. The SMILES string of the molecule is Cl.Cl.NC1(c2cnc(C(F)(F)F)c(F)c2)CCOCC1. The van der Waals surface area contributed by atoms with Crippen LogP contribution in [0.3, 0.4) is 0 Å². The van der Waals surface area contributed by atoms with Crippen molar-refractivity contribution in [2.45, 2.75) is 24.6 Å². The van der Waals surface area contributed by atoms with E-state index >= 15 is 0 Å². The van der Waals surface area contributed by atoms with Crippen molar-refractivity contribution in [1.82, 2.24) is 4.98 Å². The van der Waals surface area contributed by atoms with Gasteiger partial charge in [-0.1, -0.05) is 0 Å². The van der Waals surface area contributed by atoms with Crippen molar-refractivity contribution in [3.05, 3.63) is 29.3 Å². The fraction of sp³-hybridized carbons (Fsp3) is 0.545. The molecule has 9 heteroatoms. The fourth-order valence-electron chi connectivity index (χ4n) is 1.94. The van der Waals surface area contributed by atoms with E-state index < -0.39 is 23.2 Å². The van der Waals surface area contributed by atoms with Crippen LogP contribution in [0, 0.1) is 5.82 Å². The maximum atomic E-state index is 13.4. The molecule has 0 amide bonds. The Morgan fingerprint density at radius 1 is 1.20 bits per heavy atom. The third-order valence-corrected chi connectivity index (χ3v) is 3.07. The number of nitrogens with two attached hydrogens (primary N) is 1. The maximum absolute atomic E-state index is 13.4. The van der Waals surface area contributed by atoms with Gasteiger partial charge in [-0.05, 0) is 24.5 Å². The minimum Gasteiger partial charge on any atom is -0.381 e. The lowest BCUT2D eigenvalue weighted by molar-refractivity contribution is -0.143. The van der Waals surface area contributed by atoms with Gasteiger partial charge in [-0.3, -0.25) is 0 Å². The first-order valence-corrected chi connectivity index (χ1v) is 5.43. The Hall–Kier alpha value is -0.630. The number of hydrogen-bond donors (Lipinski definition) is 1. The molecule has 116 valence electrons. The van der Waals surface area contributed by atoms with Gasteiger partial charge in [0, 0.05) is 24.9 Å². The van der Waals surface area contributed by atoms with Crippen molar-refractivity contribution in [3.8, 4) is 0 Å². The Labute approximate surface area is 125 Å². The van der Waals surface area contributed by atoms with Gasteiger partial charge in [0.2, 0.25) is 0 Å². The second kappa shape index (κ2) is 6.89. The number of halogens is 6. The number of ether oxygens (including phenoxy) is 1. The first kappa shape index (κ1) is 19.4. The molecule has 0 radical (unpaired) electrons. The van der Waals surface area contributed by atoms with Crippen LogP contribution in [0.2, 0.25) is 0 Å². The van der Waals surface area contributed by atoms with Gasteiger partial charge in [-0.15, -0.1) is 24.8 Å². The zero-order valence-electron chi connectivity index (χ0n) is 10.2. The predicted molar refractivity (Wildman–Crippen MR) is 69.6 cm³/mol. The van der Waals surface area contributed by atoms with Crippen LogP contribution < -0.4 is 5.73 Å². The highest BCUT2D eigenvalue weighted by Crippen LogP contribution is 2.33. The van der Waals surface area contributed by atoms with Gasteiger partial charge in [-0.2, -0.15) is 13.2 Å². The largest absolute Gasteiger partial charge is 0.436 e. The fourth-order valence-corrected chi connectivity index (χ4v) is 1.94. The van der Waals surface area contributed by atoms with Crippen LogP contribution in [0.15, 0.2) is 12.3 Å². The van der Waals surface area contributed by atoms with Gasteiger partial charge in [0.05, 0.1) is 0 Å². The van der Waals surface area contributed by atoms with Gasteiger partial charge in [0.25, 0.3) is 0 Å². The summed E-state index contributed by atoms with van der Waals surface area (Å²) >= 11 is 0. The van der Waals surface area contributed by atoms with Crippen molar-refractivity contribution in [3.63, 3.8) is 0 Å². The molecule has 1 fully saturated rings. The molecule has 20 heavy (non-hydrogen) atoms. The van der Waals surface area contributed by atoms with Gasteiger partial charge in [0.1, 0.15) is 0 Å². The van der Waals surface area contributed by atoms with Gasteiger partial charge < -0.3 is 10.5 Å². The van der Waals surface area contributed by atoms with Crippen molar-refractivity contribution < 1.29 is 22.3 Å². The van der Waals surface area contributed by atoms with Crippen molar-refractivity contribution >= 4 is 24.8 Å². The Morgan fingerprint density at radius 2 is 1.75 bits per heavy atom. The van der Waals surface area contributed by atoms with Crippen LogP contribution in [0.25, 0.3) is 0 Å². The highest BCUT2D eigenvalue weighted by molar-refractivity contribution is 5.85. The van der Waals surface area contributed by atoms with E-state index in [9.17, 15) is 17.6 Å². The standard InChI is InChI=1S/C11H12F4N2O.2ClH/c12-8-5-7(6-17-9(8)11(13,14)15)10(16)1-3-18-4-2-10;;/h5-6H,1-4,16H2;2*1H. The molecular formula is C11H14Cl2F4N2O. The lowest BCUT2D eigenvalue weighted by Crippen LogP contribution is -2.42. The van der Waals surface area contributed by atoms with Crippen LogP contribution in [0.1, 0.15) is 24.1 Å². The molecular weight excluding hydrogens is 323 g/mol. The van der Waals surface area contributed by atoms with Crippen LogP contribution in [-0.2, 0) is 16.5 Å². The molecule has 0 saturated carbocycles. The average molecular weight is 337 g/mol. The molecule has 0 atom stereocenters. The Bertz CT molecular complexity index is 451. The molecule has 0 unspecified atom stereocenters. The minimum absolute atomic E-state index is 0. The Kier molecular flexibility index (Phi) is 6.67. The average Bonchev–Trinajstić information content (AvgIpc) is 2.28. The summed E-state index contributed by atoms with van der Waals surface area (Å²) in [5.41, 5.74) is 3.94. The summed E-state index contributed by atoms with van der Waals surface area (Å²) in [5, 5.41) is 0. The van der Waals surface area contributed by atoms with Crippen molar-refractivity contribution in [1.29, 1.82) is 0 Å². The normalized spacial score (nSPS) is 17.9. The quantitative estimate of drug-likeness (QED) is 0.802. The summed E-state index contributed by atoms with van der Waals surface area (Å²) in [5.74, 6) is -1.39. The molecule has 1 saturated heterocycles. The van der Waals surface area contributed by atoms with Gasteiger partial charge in [0.15, 0.2) is 11.5 Å². The number of alkyl halides is 3.